The third-order valence-corrected chi connectivity index (χ3v) is 3.98. The lowest BCUT2D eigenvalue weighted by Gasteiger charge is -2.24. The molecule has 0 aromatic heterocycles. The summed E-state index contributed by atoms with van der Waals surface area (Å²) in [6, 6.07) is 8.14. The fourth-order valence-corrected chi connectivity index (χ4v) is 2.90. The molecule has 0 aliphatic heterocycles. The SMILES string of the molecule is C=CCOc1ccccc1/C=C(/CN)C1CCCCC1. The van der Waals surface area contributed by atoms with E-state index in [1.165, 1.54) is 37.7 Å². The van der Waals surface area contributed by atoms with Crippen LogP contribution in [0.3, 0.4) is 0 Å². The first-order valence-electron chi connectivity index (χ1n) is 7.58. The van der Waals surface area contributed by atoms with Crippen LogP contribution in [-0.2, 0) is 0 Å². The first kappa shape index (κ1) is 14.9. The maximum Gasteiger partial charge on any atom is 0.126 e. The van der Waals surface area contributed by atoms with Crippen molar-refractivity contribution in [2.75, 3.05) is 13.2 Å². The molecule has 108 valence electrons. The van der Waals surface area contributed by atoms with Crippen molar-refractivity contribution in [2.45, 2.75) is 32.1 Å². The van der Waals surface area contributed by atoms with Gasteiger partial charge in [0.2, 0.25) is 0 Å². The largest absolute Gasteiger partial charge is 0.489 e. The van der Waals surface area contributed by atoms with Gasteiger partial charge in [0.05, 0.1) is 0 Å². The van der Waals surface area contributed by atoms with Crippen LogP contribution >= 0.6 is 0 Å². The lowest BCUT2D eigenvalue weighted by atomic mass is 9.83. The molecule has 0 heterocycles. The van der Waals surface area contributed by atoms with Gasteiger partial charge in [-0.25, -0.2) is 0 Å². The molecule has 0 atom stereocenters. The van der Waals surface area contributed by atoms with E-state index >= 15 is 0 Å². The Morgan fingerprint density at radius 3 is 2.70 bits per heavy atom. The summed E-state index contributed by atoms with van der Waals surface area (Å²) < 4.78 is 5.72. The average molecular weight is 271 g/mol. The van der Waals surface area contributed by atoms with Crippen LogP contribution in [0.25, 0.3) is 6.08 Å². The number of nitrogens with two attached hydrogens (primary N) is 1. The highest BCUT2D eigenvalue weighted by Gasteiger charge is 2.17. The second kappa shape index (κ2) is 7.91. The van der Waals surface area contributed by atoms with Gasteiger partial charge in [-0.1, -0.05) is 61.8 Å². The minimum atomic E-state index is 0.534. The monoisotopic (exact) mass is 271 g/mol. The molecule has 2 N–H and O–H groups in total. The molecule has 1 aliphatic rings. The molecule has 0 saturated heterocycles. The van der Waals surface area contributed by atoms with E-state index in [0.29, 0.717) is 19.1 Å². The highest BCUT2D eigenvalue weighted by atomic mass is 16.5. The van der Waals surface area contributed by atoms with Crippen molar-refractivity contribution in [2.24, 2.45) is 11.7 Å². The van der Waals surface area contributed by atoms with E-state index in [1.54, 1.807) is 6.08 Å². The van der Waals surface area contributed by atoms with Crippen LogP contribution < -0.4 is 10.5 Å². The predicted octanol–water partition coefficient (Wildman–Crippen LogP) is 4.17. The highest BCUT2D eigenvalue weighted by Crippen LogP contribution is 2.31. The molecule has 1 aromatic carbocycles. The van der Waals surface area contributed by atoms with Crippen molar-refractivity contribution in [1.82, 2.24) is 0 Å². The maximum atomic E-state index is 5.98. The van der Waals surface area contributed by atoms with E-state index in [0.717, 1.165) is 11.3 Å². The number of benzene rings is 1. The van der Waals surface area contributed by atoms with Gasteiger partial charge in [-0.15, -0.1) is 0 Å². The zero-order chi connectivity index (χ0) is 14.2. The Bertz CT molecular complexity index is 458. The number of rotatable bonds is 6. The Balaban J connectivity index is 2.19. The molecule has 0 radical (unpaired) electrons. The third kappa shape index (κ3) is 3.97. The number of para-hydroxylation sites is 1. The van der Waals surface area contributed by atoms with Crippen molar-refractivity contribution in [3.05, 3.63) is 48.1 Å². The Hall–Kier alpha value is -1.54. The lowest BCUT2D eigenvalue weighted by Crippen LogP contribution is -2.16. The molecule has 1 aromatic rings. The number of hydrogen-bond donors (Lipinski definition) is 1. The van der Waals surface area contributed by atoms with Crippen LogP contribution in [0.4, 0.5) is 0 Å². The summed E-state index contributed by atoms with van der Waals surface area (Å²) in [5.41, 5.74) is 8.46. The molecule has 2 rings (SSSR count). The molecule has 0 spiro atoms. The fraction of sp³-hybridized carbons (Fsp3) is 0.444. The number of ether oxygens (including phenoxy) is 1. The molecular weight excluding hydrogens is 246 g/mol. The standard InChI is InChI=1S/C18H25NO/c1-2-12-20-18-11-7-6-10-16(18)13-17(14-19)15-8-4-3-5-9-15/h2,6-7,10-11,13,15H,1,3-5,8-9,12,14,19H2/b17-13-. The summed E-state index contributed by atoms with van der Waals surface area (Å²) in [5, 5.41) is 0. The summed E-state index contributed by atoms with van der Waals surface area (Å²) in [7, 11) is 0. The van der Waals surface area contributed by atoms with Crippen LogP contribution in [0.1, 0.15) is 37.7 Å². The van der Waals surface area contributed by atoms with Crippen molar-refractivity contribution >= 4 is 6.08 Å². The normalized spacial score (nSPS) is 16.9. The average Bonchev–Trinajstić information content (AvgIpc) is 2.52. The van der Waals surface area contributed by atoms with Gasteiger partial charge in [-0.2, -0.15) is 0 Å². The molecular formula is C18H25NO. The summed E-state index contributed by atoms with van der Waals surface area (Å²) in [5.74, 6) is 1.57. The third-order valence-electron chi connectivity index (χ3n) is 3.98. The van der Waals surface area contributed by atoms with Gasteiger partial charge in [0.1, 0.15) is 12.4 Å². The Morgan fingerprint density at radius 1 is 1.25 bits per heavy atom. The van der Waals surface area contributed by atoms with Gasteiger partial charge in [0.25, 0.3) is 0 Å². The van der Waals surface area contributed by atoms with Crippen LogP contribution in [0.15, 0.2) is 42.5 Å². The first-order valence-corrected chi connectivity index (χ1v) is 7.58. The second-order valence-electron chi connectivity index (χ2n) is 5.40. The van der Waals surface area contributed by atoms with Crippen molar-refractivity contribution in [1.29, 1.82) is 0 Å². The molecule has 20 heavy (non-hydrogen) atoms. The van der Waals surface area contributed by atoms with Crippen molar-refractivity contribution < 1.29 is 4.74 Å². The van der Waals surface area contributed by atoms with Gasteiger partial charge < -0.3 is 10.5 Å². The topological polar surface area (TPSA) is 35.2 Å². The van der Waals surface area contributed by atoms with E-state index in [9.17, 15) is 0 Å². The van der Waals surface area contributed by atoms with Gasteiger partial charge in [0, 0.05) is 12.1 Å². The second-order valence-corrected chi connectivity index (χ2v) is 5.40. The molecule has 0 bridgehead atoms. The van der Waals surface area contributed by atoms with E-state index in [4.69, 9.17) is 10.5 Å². The van der Waals surface area contributed by atoms with Crippen molar-refractivity contribution in [3.8, 4) is 5.75 Å². The van der Waals surface area contributed by atoms with Crippen molar-refractivity contribution in [3.63, 3.8) is 0 Å². The highest BCUT2D eigenvalue weighted by molar-refractivity contribution is 5.60. The molecule has 1 aliphatic carbocycles. The summed E-state index contributed by atoms with van der Waals surface area (Å²) in [4.78, 5) is 0. The van der Waals surface area contributed by atoms with Crippen LogP contribution in [0.5, 0.6) is 5.75 Å². The molecule has 0 amide bonds. The first-order chi connectivity index (χ1) is 9.85. The van der Waals surface area contributed by atoms with Gasteiger partial charge >= 0.3 is 0 Å². The van der Waals surface area contributed by atoms with Crippen LogP contribution in [0.2, 0.25) is 0 Å². The molecule has 2 nitrogen and oxygen atoms in total. The molecule has 1 fully saturated rings. The van der Waals surface area contributed by atoms with Gasteiger partial charge in [0.15, 0.2) is 0 Å². The lowest BCUT2D eigenvalue weighted by molar-refractivity contribution is 0.362. The summed E-state index contributed by atoms with van der Waals surface area (Å²) >= 11 is 0. The van der Waals surface area contributed by atoms with E-state index in [1.807, 2.05) is 18.2 Å². The fourth-order valence-electron chi connectivity index (χ4n) is 2.90. The van der Waals surface area contributed by atoms with E-state index < -0.39 is 0 Å². The Labute approximate surface area is 122 Å². The zero-order valence-corrected chi connectivity index (χ0v) is 12.2. The van der Waals surface area contributed by atoms with E-state index in [2.05, 4.69) is 18.7 Å². The smallest absolute Gasteiger partial charge is 0.126 e. The number of hydrogen-bond acceptors (Lipinski definition) is 2. The van der Waals surface area contributed by atoms with Gasteiger partial charge in [-0.3, -0.25) is 0 Å². The van der Waals surface area contributed by atoms with Crippen LogP contribution in [0, 0.1) is 5.92 Å². The predicted molar refractivity (Wildman–Crippen MR) is 85.7 cm³/mol. The summed E-state index contributed by atoms with van der Waals surface area (Å²) in [6.45, 7) is 4.87. The zero-order valence-electron chi connectivity index (χ0n) is 12.2. The van der Waals surface area contributed by atoms with E-state index in [-0.39, 0.29) is 0 Å². The van der Waals surface area contributed by atoms with Crippen LogP contribution in [-0.4, -0.2) is 13.2 Å². The Kier molecular flexibility index (Phi) is 5.87. The Morgan fingerprint density at radius 2 is 2.00 bits per heavy atom. The quantitative estimate of drug-likeness (QED) is 0.788. The van der Waals surface area contributed by atoms with Gasteiger partial charge in [-0.05, 0) is 24.8 Å². The maximum absolute atomic E-state index is 5.98. The minimum absolute atomic E-state index is 0.534. The molecule has 2 heteroatoms. The molecule has 1 saturated carbocycles. The minimum Gasteiger partial charge on any atom is -0.489 e. The summed E-state index contributed by atoms with van der Waals surface area (Å²) in [6.07, 6.45) is 10.6. The molecule has 0 unspecified atom stereocenters.